The molecule has 1 fully saturated rings. The number of aryl methyl sites for hydroxylation is 1. The second-order valence-electron chi connectivity index (χ2n) is 6.47. The summed E-state index contributed by atoms with van der Waals surface area (Å²) in [4.78, 5) is 9.23. The Morgan fingerprint density at radius 1 is 1.19 bits per heavy atom. The molecule has 2 aromatic heterocycles. The summed E-state index contributed by atoms with van der Waals surface area (Å²) in [5.74, 6) is 1.63. The van der Waals surface area contributed by atoms with Crippen molar-refractivity contribution in [2.24, 2.45) is 5.92 Å². The number of aromatic nitrogens is 4. The maximum absolute atomic E-state index is 11.5. The van der Waals surface area contributed by atoms with E-state index in [9.17, 15) is 8.42 Å². The Labute approximate surface area is 155 Å². The van der Waals surface area contributed by atoms with Crippen LogP contribution in [0.2, 0.25) is 0 Å². The molecule has 0 bridgehead atoms. The molecule has 0 N–H and O–H groups in total. The molecule has 1 aliphatic heterocycles. The first-order valence-corrected chi connectivity index (χ1v) is 11.2. The first-order chi connectivity index (χ1) is 12.5. The fraction of sp³-hybridized carbons (Fsp3) is 0.412. The number of fused-ring (bicyclic) bond motifs is 1. The molecule has 3 heterocycles. The zero-order chi connectivity index (χ0) is 18.1. The van der Waals surface area contributed by atoms with Gasteiger partial charge < -0.3 is 4.42 Å². The van der Waals surface area contributed by atoms with E-state index >= 15 is 0 Å². The van der Waals surface area contributed by atoms with Crippen LogP contribution in [0.1, 0.15) is 23.7 Å². The van der Waals surface area contributed by atoms with Crippen molar-refractivity contribution in [1.82, 2.24) is 20.2 Å². The Morgan fingerprint density at radius 2 is 1.96 bits per heavy atom. The highest BCUT2D eigenvalue weighted by Gasteiger charge is 2.29. The zero-order valence-electron chi connectivity index (χ0n) is 14.3. The van der Waals surface area contributed by atoms with Crippen molar-refractivity contribution in [3.63, 3.8) is 0 Å². The minimum Gasteiger partial charge on any atom is -0.416 e. The molecule has 136 valence electrons. The standard InChI is InChI=1S/C17H18N4O3S2/c1-11-15(19-14-5-3-2-4-13(14)18-11)9-25-17-21-20-16(24-17)8-12-6-7-26(22,23)10-12/h2-5,12H,6-10H2,1H3/t12-/m0/s1. The van der Waals surface area contributed by atoms with Gasteiger partial charge in [-0.2, -0.15) is 0 Å². The molecule has 26 heavy (non-hydrogen) atoms. The summed E-state index contributed by atoms with van der Waals surface area (Å²) >= 11 is 1.41. The summed E-state index contributed by atoms with van der Waals surface area (Å²) in [6, 6.07) is 7.77. The molecule has 0 amide bonds. The fourth-order valence-corrected chi connectivity index (χ4v) is 5.70. The average Bonchev–Trinajstić information content (AvgIpc) is 3.19. The van der Waals surface area contributed by atoms with E-state index < -0.39 is 9.84 Å². The monoisotopic (exact) mass is 390 g/mol. The molecule has 1 aliphatic rings. The molecule has 1 saturated heterocycles. The van der Waals surface area contributed by atoms with Crippen molar-refractivity contribution in [2.75, 3.05) is 11.5 Å². The topological polar surface area (TPSA) is 98.8 Å². The van der Waals surface area contributed by atoms with Gasteiger partial charge in [-0.3, -0.25) is 0 Å². The third-order valence-corrected chi connectivity index (χ3v) is 7.08. The Hall–Kier alpha value is -2.00. The maximum atomic E-state index is 11.5. The summed E-state index contributed by atoms with van der Waals surface area (Å²) in [6.45, 7) is 1.94. The van der Waals surface area contributed by atoms with Crippen molar-refractivity contribution in [2.45, 2.75) is 30.7 Å². The molecular formula is C17H18N4O3S2. The van der Waals surface area contributed by atoms with Crippen LogP contribution in [0.15, 0.2) is 33.9 Å². The van der Waals surface area contributed by atoms with E-state index in [-0.39, 0.29) is 17.4 Å². The molecule has 7 nitrogen and oxygen atoms in total. The van der Waals surface area contributed by atoms with Crippen LogP contribution in [0.5, 0.6) is 0 Å². The molecular weight excluding hydrogens is 372 g/mol. The number of hydrogen-bond donors (Lipinski definition) is 0. The van der Waals surface area contributed by atoms with Gasteiger partial charge in [-0.15, -0.1) is 10.2 Å². The van der Waals surface area contributed by atoms with E-state index in [0.29, 0.717) is 29.7 Å². The second-order valence-corrected chi connectivity index (χ2v) is 9.62. The van der Waals surface area contributed by atoms with E-state index in [1.54, 1.807) is 0 Å². The zero-order valence-corrected chi connectivity index (χ0v) is 15.9. The van der Waals surface area contributed by atoms with Crippen LogP contribution in [0.3, 0.4) is 0 Å². The highest BCUT2D eigenvalue weighted by molar-refractivity contribution is 7.98. The highest BCUT2D eigenvalue weighted by atomic mass is 32.2. The number of nitrogens with zero attached hydrogens (tertiary/aromatic N) is 4. The summed E-state index contributed by atoms with van der Waals surface area (Å²) in [7, 11) is -2.89. The van der Waals surface area contributed by atoms with E-state index in [1.165, 1.54) is 11.8 Å². The molecule has 0 aliphatic carbocycles. The quantitative estimate of drug-likeness (QED) is 0.613. The maximum Gasteiger partial charge on any atom is 0.276 e. The van der Waals surface area contributed by atoms with Crippen LogP contribution in [0.4, 0.5) is 0 Å². The smallest absolute Gasteiger partial charge is 0.276 e. The third kappa shape index (κ3) is 3.88. The van der Waals surface area contributed by atoms with Crippen molar-refractivity contribution in [3.05, 3.63) is 41.5 Å². The number of sulfone groups is 1. The average molecular weight is 390 g/mol. The van der Waals surface area contributed by atoms with Gasteiger partial charge in [0, 0.05) is 12.2 Å². The Morgan fingerprint density at radius 3 is 2.69 bits per heavy atom. The summed E-state index contributed by atoms with van der Waals surface area (Å²) in [6.07, 6.45) is 1.18. The van der Waals surface area contributed by atoms with Crippen molar-refractivity contribution in [1.29, 1.82) is 0 Å². The van der Waals surface area contributed by atoms with Crippen LogP contribution in [-0.4, -0.2) is 40.1 Å². The second kappa shape index (κ2) is 6.96. The Kier molecular flexibility index (Phi) is 4.66. The predicted molar refractivity (Wildman–Crippen MR) is 98.6 cm³/mol. The van der Waals surface area contributed by atoms with Gasteiger partial charge in [0.15, 0.2) is 9.84 Å². The molecule has 3 aromatic rings. The molecule has 0 unspecified atom stereocenters. The van der Waals surface area contributed by atoms with Gasteiger partial charge in [0.25, 0.3) is 5.22 Å². The van der Waals surface area contributed by atoms with Crippen LogP contribution < -0.4 is 0 Å². The SMILES string of the molecule is Cc1nc2ccccc2nc1CSc1nnc(C[C@@H]2CCS(=O)(=O)C2)o1. The van der Waals surface area contributed by atoms with Gasteiger partial charge in [0.05, 0.1) is 33.9 Å². The van der Waals surface area contributed by atoms with E-state index in [0.717, 1.165) is 22.4 Å². The Bertz CT molecular complexity index is 1050. The first-order valence-electron chi connectivity index (χ1n) is 8.36. The summed E-state index contributed by atoms with van der Waals surface area (Å²) in [5, 5.41) is 8.56. The lowest BCUT2D eigenvalue weighted by molar-refractivity contribution is 0.389. The van der Waals surface area contributed by atoms with Gasteiger partial charge in [-0.05, 0) is 31.4 Å². The van der Waals surface area contributed by atoms with E-state index in [4.69, 9.17) is 4.42 Å². The number of hydrogen-bond acceptors (Lipinski definition) is 8. The van der Waals surface area contributed by atoms with Crippen molar-refractivity contribution < 1.29 is 12.8 Å². The number of rotatable bonds is 5. The van der Waals surface area contributed by atoms with Gasteiger partial charge >= 0.3 is 0 Å². The number of thioether (sulfide) groups is 1. The van der Waals surface area contributed by atoms with Gasteiger partial charge in [0.1, 0.15) is 0 Å². The molecule has 0 radical (unpaired) electrons. The molecule has 9 heteroatoms. The van der Waals surface area contributed by atoms with Crippen molar-refractivity contribution >= 4 is 32.6 Å². The van der Waals surface area contributed by atoms with Crippen LogP contribution in [0.25, 0.3) is 11.0 Å². The van der Waals surface area contributed by atoms with Crippen molar-refractivity contribution in [3.8, 4) is 0 Å². The third-order valence-electron chi connectivity index (χ3n) is 4.41. The summed E-state index contributed by atoms with van der Waals surface area (Å²) < 4.78 is 28.7. The molecule has 1 atom stereocenters. The number of benzene rings is 1. The molecule has 4 rings (SSSR count). The minimum absolute atomic E-state index is 0.0758. The van der Waals surface area contributed by atoms with Crippen LogP contribution in [0, 0.1) is 12.8 Å². The lowest BCUT2D eigenvalue weighted by Crippen LogP contribution is -2.07. The lowest BCUT2D eigenvalue weighted by atomic mass is 10.1. The molecule has 0 saturated carbocycles. The molecule has 1 aromatic carbocycles. The van der Waals surface area contributed by atoms with Crippen LogP contribution >= 0.6 is 11.8 Å². The first kappa shape index (κ1) is 17.4. The fourth-order valence-electron chi connectivity index (χ4n) is 3.05. The predicted octanol–water partition coefficient (Wildman–Crippen LogP) is 2.59. The van der Waals surface area contributed by atoms with Gasteiger partial charge in [0.2, 0.25) is 5.89 Å². The van der Waals surface area contributed by atoms with Gasteiger partial charge in [-0.1, -0.05) is 23.9 Å². The summed E-state index contributed by atoms with van der Waals surface area (Å²) in [5.41, 5.74) is 3.51. The Balaban J connectivity index is 1.41. The number of para-hydroxylation sites is 2. The largest absolute Gasteiger partial charge is 0.416 e. The van der Waals surface area contributed by atoms with E-state index in [2.05, 4.69) is 20.2 Å². The lowest BCUT2D eigenvalue weighted by Gasteiger charge is -2.05. The molecule has 0 spiro atoms. The van der Waals surface area contributed by atoms with E-state index in [1.807, 2.05) is 31.2 Å². The highest BCUT2D eigenvalue weighted by Crippen LogP contribution is 2.26. The van der Waals surface area contributed by atoms with Gasteiger partial charge in [-0.25, -0.2) is 18.4 Å². The van der Waals surface area contributed by atoms with Crippen LogP contribution in [-0.2, 0) is 22.0 Å². The minimum atomic E-state index is -2.89. The normalized spacial score (nSPS) is 19.2.